The Kier molecular flexibility index (Phi) is 5.78. The summed E-state index contributed by atoms with van der Waals surface area (Å²) < 4.78 is 6.00. The van der Waals surface area contributed by atoms with Gasteiger partial charge < -0.3 is 15.2 Å². The van der Waals surface area contributed by atoms with Crippen LogP contribution in [0.1, 0.15) is 69.9 Å². The Hall–Kier alpha value is -2.04. The van der Waals surface area contributed by atoms with E-state index in [2.05, 4.69) is 25.2 Å². The first kappa shape index (κ1) is 19.7. The number of hydrogen-bond acceptors (Lipinski definition) is 3. The zero-order valence-corrected chi connectivity index (χ0v) is 16.5. The van der Waals surface area contributed by atoms with E-state index >= 15 is 0 Å². The van der Waals surface area contributed by atoms with Crippen LogP contribution < -0.4 is 10.1 Å². The SMILES string of the molecule is CC1(C)CCc2cc(CC(=O)NCC3(CC(=O)O)CCCCC3)ccc2O1. The maximum absolute atomic E-state index is 12.5. The third-order valence-electron chi connectivity index (χ3n) is 5.97. The Morgan fingerprint density at radius 1 is 1.15 bits per heavy atom. The molecular weight excluding hydrogens is 342 g/mol. The van der Waals surface area contributed by atoms with E-state index in [9.17, 15) is 14.7 Å². The largest absolute Gasteiger partial charge is 0.488 e. The number of amides is 1. The molecular formula is C22H31NO4. The standard InChI is InChI=1S/C22H31NO4/c1-21(2)11-8-17-12-16(6-7-18(17)27-21)13-19(24)23-15-22(14-20(25)26)9-4-3-5-10-22/h6-7,12H,3-5,8-11,13-15H2,1-2H3,(H,23,24)(H,25,26). The number of aliphatic carboxylic acids is 1. The lowest BCUT2D eigenvalue weighted by Gasteiger charge is -2.36. The van der Waals surface area contributed by atoms with Gasteiger partial charge in [-0.3, -0.25) is 9.59 Å². The summed E-state index contributed by atoms with van der Waals surface area (Å²) in [5.41, 5.74) is 1.72. The lowest BCUT2D eigenvalue weighted by molar-refractivity contribution is -0.140. The number of benzene rings is 1. The molecule has 1 heterocycles. The number of carboxylic acid groups (broad SMARTS) is 1. The quantitative estimate of drug-likeness (QED) is 0.794. The van der Waals surface area contributed by atoms with Gasteiger partial charge in [-0.2, -0.15) is 0 Å². The fourth-order valence-electron chi connectivity index (χ4n) is 4.39. The molecule has 0 radical (unpaired) electrons. The average molecular weight is 373 g/mol. The van der Waals surface area contributed by atoms with Crippen molar-refractivity contribution in [1.29, 1.82) is 0 Å². The molecule has 1 fully saturated rings. The summed E-state index contributed by atoms with van der Waals surface area (Å²) >= 11 is 0. The number of carbonyl (C=O) groups excluding carboxylic acids is 1. The molecule has 0 unspecified atom stereocenters. The van der Waals surface area contributed by atoms with Crippen molar-refractivity contribution in [2.75, 3.05) is 6.54 Å². The van der Waals surface area contributed by atoms with E-state index < -0.39 is 5.97 Å². The number of fused-ring (bicyclic) bond motifs is 1. The summed E-state index contributed by atoms with van der Waals surface area (Å²) in [5, 5.41) is 12.3. The average Bonchev–Trinajstić information content (AvgIpc) is 2.60. The molecule has 0 aromatic heterocycles. The maximum Gasteiger partial charge on any atom is 0.303 e. The summed E-state index contributed by atoms with van der Waals surface area (Å²) in [6.45, 7) is 4.64. The second kappa shape index (κ2) is 7.91. The molecule has 148 valence electrons. The van der Waals surface area contributed by atoms with Gasteiger partial charge in [-0.05, 0) is 62.1 Å². The Morgan fingerprint density at radius 2 is 1.89 bits per heavy atom. The first-order valence-corrected chi connectivity index (χ1v) is 10.1. The lowest BCUT2D eigenvalue weighted by atomic mass is 9.71. The van der Waals surface area contributed by atoms with Crippen LogP contribution in [0.4, 0.5) is 0 Å². The highest BCUT2D eigenvalue weighted by molar-refractivity contribution is 5.79. The Labute approximate surface area is 161 Å². The van der Waals surface area contributed by atoms with Crippen molar-refractivity contribution >= 4 is 11.9 Å². The van der Waals surface area contributed by atoms with E-state index in [1.807, 2.05) is 12.1 Å². The highest BCUT2D eigenvalue weighted by atomic mass is 16.5. The molecule has 1 aromatic carbocycles. The van der Waals surface area contributed by atoms with Crippen molar-refractivity contribution in [1.82, 2.24) is 5.32 Å². The Morgan fingerprint density at radius 3 is 2.59 bits per heavy atom. The van der Waals surface area contributed by atoms with E-state index in [-0.39, 0.29) is 23.3 Å². The predicted octanol–water partition coefficient (Wildman–Crippen LogP) is 3.87. The first-order chi connectivity index (χ1) is 12.8. The van der Waals surface area contributed by atoms with E-state index in [1.165, 1.54) is 0 Å². The summed E-state index contributed by atoms with van der Waals surface area (Å²) in [6.07, 6.45) is 7.39. The van der Waals surface area contributed by atoms with Crippen LogP contribution in [-0.4, -0.2) is 29.1 Å². The van der Waals surface area contributed by atoms with Crippen molar-refractivity contribution in [3.8, 4) is 5.75 Å². The molecule has 1 amide bonds. The second-order valence-corrected chi connectivity index (χ2v) is 8.89. The fourth-order valence-corrected chi connectivity index (χ4v) is 4.39. The Bertz CT molecular complexity index is 704. The van der Waals surface area contributed by atoms with Gasteiger partial charge in [0.15, 0.2) is 0 Å². The van der Waals surface area contributed by atoms with E-state index in [4.69, 9.17) is 4.74 Å². The summed E-state index contributed by atoms with van der Waals surface area (Å²) in [6, 6.07) is 5.98. The molecule has 0 atom stereocenters. The zero-order chi connectivity index (χ0) is 19.5. The van der Waals surface area contributed by atoms with Gasteiger partial charge in [-0.15, -0.1) is 0 Å². The van der Waals surface area contributed by atoms with Crippen molar-refractivity contribution < 1.29 is 19.4 Å². The summed E-state index contributed by atoms with van der Waals surface area (Å²) in [5.74, 6) is 0.101. The minimum atomic E-state index is -0.774. The molecule has 1 aliphatic carbocycles. The second-order valence-electron chi connectivity index (χ2n) is 8.89. The van der Waals surface area contributed by atoms with Gasteiger partial charge in [-0.25, -0.2) is 0 Å². The smallest absolute Gasteiger partial charge is 0.303 e. The zero-order valence-electron chi connectivity index (χ0n) is 16.5. The summed E-state index contributed by atoms with van der Waals surface area (Å²) in [7, 11) is 0. The van der Waals surface area contributed by atoms with Crippen molar-refractivity contribution in [3.63, 3.8) is 0 Å². The van der Waals surface area contributed by atoms with Crippen LogP contribution in [0.25, 0.3) is 0 Å². The van der Waals surface area contributed by atoms with E-state index in [0.29, 0.717) is 13.0 Å². The first-order valence-electron chi connectivity index (χ1n) is 10.1. The minimum absolute atomic E-state index is 0.0395. The van der Waals surface area contributed by atoms with Crippen LogP contribution in [0.3, 0.4) is 0 Å². The van der Waals surface area contributed by atoms with Crippen LogP contribution >= 0.6 is 0 Å². The molecule has 0 spiro atoms. The monoisotopic (exact) mass is 373 g/mol. The number of aryl methyl sites for hydroxylation is 1. The predicted molar refractivity (Wildman–Crippen MR) is 104 cm³/mol. The van der Waals surface area contributed by atoms with Gasteiger partial charge in [-0.1, -0.05) is 31.4 Å². The number of rotatable bonds is 6. The van der Waals surface area contributed by atoms with Crippen LogP contribution in [-0.2, 0) is 22.4 Å². The summed E-state index contributed by atoms with van der Waals surface area (Å²) in [4.78, 5) is 23.7. The molecule has 2 N–H and O–H groups in total. The number of ether oxygens (including phenoxy) is 1. The van der Waals surface area contributed by atoms with Crippen LogP contribution in [0, 0.1) is 5.41 Å². The molecule has 1 aliphatic heterocycles. The molecule has 1 aromatic rings. The van der Waals surface area contributed by atoms with E-state index in [0.717, 1.165) is 61.8 Å². The van der Waals surface area contributed by atoms with Crippen molar-refractivity contribution in [2.45, 2.75) is 77.2 Å². The van der Waals surface area contributed by atoms with Gasteiger partial charge in [0.2, 0.25) is 5.91 Å². The number of carbonyl (C=O) groups is 2. The van der Waals surface area contributed by atoms with Crippen LogP contribution in [0.2, 0.25) is 0 Å². The molecule has 1 saturated carbocycles. The molecule has 5 nitrogen and oxygen atoms in total. The third-order valence-corrected chi connectivity index (χ3v) is 5.97. The van der Waals surface area contributed by atoms with Gasteiger partial charge in [0, 0.05) is 6.54 Å². The number of carboxylic acids is 1. The number of hydrogen-bond donors (Lipinski definition) is 2. The Balaban J connectivity index is 1.58. The van der Waals surface area contributed by atoms with Gasteiger partial charge >= 0.3 is 5.97 Å². The molecule has 27 heavy (non-hydrogen) atoms. The third kappa shape index (κ3) is 5.24. The van der Waals surface area contributed by atoms with Crippen LogP contribution in [0.15, 0.2) is 18.2 Å². The molecule has 0 saturated heterocycles. The molecule has 3 rings (SSSR count). The minimum Gasteiger partial charge on any atom is -0.488 e. The van der Waals surface area contributed by atoms with Gasteiger partial charge in [0.1, 0.15) is 11.4 Å². The van der Waals surface area contributed by atoms with Gasteiger partial charge in [0.05, 0.1) is 12.8 Å². The van der Waals surface area contributed by atoms with Crippen molar-refractivity contribution in [2.24, 2.45) is 5.41 Å². The van der Waals surface area contributed by atoms with Gasteiger partial charge in [0.25, 0.3) is 0 Å². The highest BCUT2D eigenvalue weighted by Gasteiger charge is 2.34. The van der Waals surface area contributed by atoms with E-state index in [1.54, 1.807) is 0 Å². The maximum atomic E-state index is 12.5. The highest BCUT2D eigenvalue weighted by Crippen LogP contribution is 2.39. The topological polar surface area (TPSA) is 75.6 Å². The fraction of sp³-hybridized carbons (Fsp3) is 0.636. The molecule has 2 aliphatic rings. The molecule has 5 heteroatoms. The lowest BCUT2D eigenvalue weighted by Crippen LogP contribution is -2.41. The molecule has 0 bridgehead atoms. The van der Waals surface area contributed by atoms with Crippen molar-refractivity contribution in [3.05, 3.63) is 29.3 Å². The normalized spacial score (nSPS) is 20.2. The number of nitrogens with one attached hydrogen (secondary N) is 1. The van der Waals surface area contributed by atoms with Crippen LogP contribution in [0.5, 0.6) is 5.75 Å².